The third-order valence-electron chi connectivity index (χ3n) is 3.90. The van der Waals surface area contributed by atoms with Gasteiger partial charge in [-0.05, 0) is 28.8 Å². The minimum Gasteiger partial charge on any atom is -0.469 e. The van der Waals surface area contributed by atoms with Crippen molar-refractivity contribution in [1.29, 1.82) is 0 Å². The first-order valence-corrected chi connectivity index (χ1v) is 7.58. The summed E-state index contributed by atoms with van der Waals surface area (Å²) in [5.74, 6) is -0.536. The number of ether oxygens (including phenoxy) is 1. The van der Waals surface area contributed by atoms with Crippen LogP contribution in [0, 0.1) is 5.92 Å². The summed E-state index contributed by atoms with van der Waals surface area (Å²) in [6, 6.07) is 11.0. The lowest BCUT2D eigenvalue weighted by Gasteiger charge is -2.21. The van der Waals surface area contributed by atoms with Crippen LogP contribution in [-0.2, 0) is 9.53 Å². The molecular formula is C18H22N2O3. The molecule has 0 spiro atoms. The molecule has 0 aromatic heterocycles. The van der Waals surface area contributed by atoms with Gasteiger partial charge in [0, 0.05) is 11.7 Å². The molecule has 5 heteroatoms. The third-order valence-corrected chi connectivity index (χ3v) is 3.90. The SMILES string of the molecule is COC(=O)CC(NC(=O)c1cc2ccccc2cc1N)C(C)C. The third kappa shape index (κ3) is 4.00. The number of nitrogens with two attached hydrogens (primary N) is 1. The lowest BCUT2D eigenvalue weighted by Crippen LogP contribution is -2.40. The zero-order valence-electron chi connectivity index (χ0n) is 13.6. The van der Waals surface area contributed by atoms with Gasteiger partial charge in [-0.1, -0.05) is 38.1 Å². The van der Waals surface area contributed by atoms with Gasteiger partial charge in [0.25, 0.3) is 5.91 Å². The molecule has 0 aliphatic rings. The number of nitrogen functional groups attached to an aromatic ring is 1. The van der Waals surface area contributed by atoms with Gasteiger partial charge in [0.15, 0.2) is 0 Å². The zero-order chi connectivity index (χ0) is 17.0. The predicted octanol–water partition coefficient (Wildman–Crippen LogP) is 2.74. The normalized spacial score (nSPS) is 12.2. The van der Waals surface area contributed by atoms with E-state index < -0.39 is 0 Å². The number of hydrogen-bond donors (Lipinski definition) is 2. The first kappa shape index (κ1) is 16.8. The molecule has 1 unspecified atom stereocenters. The first-order valence-electron chi connectivity index (χ1n) is 7.58. The summed E-state index contributed by atoms with van der Waals surface area (Å²) in [6.45, 7) is 3.88. The summed E-state index contributed by atoms with van der Waals surface area (Å²) < 4.78 is 4.68. The van der Waals surface area contributed by atoms with Crippen molar-refractivity contribution >= 4 is 28.3 Å². The Morgan fingerprint density at radius 3 is 2.35 bits per heavy atom. The van der Waals surface area contributed by atoms with Gasteiger partial charge < -0.3 is 15.8 Å². The highest BCUT2D eigenvalue weighted by Crippen LogP contribution is 2.22. The average Bonchev–Trinajstić information content (AvgIpc) is 2.53. The van der Waals surface area contributed by atoms with Gasteiger partial charge in [-0.25, -0.2) is 0 Å². The van der Waals surface area contributed by atoms with Crippen LogP contribution in [0.1, 0.15) is 30.6 Å². The van der Waals surface area contributed by atoms with Crippen LogP contribution in [-0.4, -0.2) is 25.0 Å². The Balaban J connectivity index is 2.25. The molecule has 0 radical (unpaired) electrons. The molecule has 23 heavy (non-hydrogen) atoms. The number of carbonyl (C=O) groups excluding carboxylic acids is 2. The Hall–Kier alpha value is -2.56. The van der Waals surface area contributed by atoms with Gasteiger partial charge in [-0.15, -0.1) is 0 Å². The number of carbonyl (C=O) groups is 2. The Kier molecular flexibility index (Phi) is 5.21. The highest BCUT2D eigenvalue weighted by atomic mass is 16.5. The van der Waals surface area contributed by atoms with E-state index in [1.54, 1.807) is 12.1 Å². The van der Waals surface area contributed by atoms with Gasteiger partial charge in [-0.2, -0.15) is 0 Å². The van der Waals surface area contributed by atoms with E-state index in [4.69, 9.17) is 5.73 Å². The minimum absolute atomic E-state index is 0.0970. The van der Waals surface area contributed by atoms with Crippen LogP contribution in [0.2, 0.25) is 0 Å². The van der Waals surface area contributed by atoms with E-state index in [0.717, 1.165) is 10.8 Å². The lowest BCUT2D eigenvalue weighted by atomic mass is 9.99. The Morgan fingerprint density at radius 2 is 1.78 bits per heavy atom. The molecule has 0 aliphatic carbocycles. The summed E-state index contributed by atoms with van der Waals surface area (Å²) in [7, 11) is 1.34. The Labute approximate surface area is 135 Å². The number of methoxy groups -OCH3 is 1. The van der Waals surface area contributed by atoms with Gasteiger partial charge in [0.2, 0.25) is 0 Å². The molecule has 2 aromatic carbocycles. The van der Waals surface area contributed by atoms with Crippen LogP contribution in [0.4, 0.5) is 5.69 Å². The molecule has 0 aliphatic heterocycles. The average molecular weight is 314 g/mol. The predicted molar refractivity (Wildman–Crippen MR) is 91.1 cm³/mol. The van der Waals surface area contributed by atoms with Crippen molar-refractivity contribution in [3.8, 4) is 0 Å². The number of benzene rings is 2. The molecule has 2 rings (SSSR count). The highest BCUT2D eigenvalue weighted by Gasteiger charge is 2.22. The summed E-state index contributed by atoms with van der Waals surface area (Å²) in [4.78, 5) is 24.0. The number of esters is 1. The first-order chi connectivity index (χ1) is 10.9. The lowest BCUT2D eigenvalue weighted by molar-refractivity contribution is -0.141. The van der Waals surface area contributed by atoms with Crippen LogP contribution in [0.3, 0.4) is 0 Å². The quantitative estimate of drug-likeness (QED) is 0.657. The van der Waals surface area contributed by atoms with Crippen molar-refractivity contribution in [1.82, 2.24) is 5.32 Å². The summed E-state index contributed by atoms with van der Waals surface area (Å²) in [5.41, 5.74) is 6.85. The molecule has 0 bridgehead atoms. The molecular weight excluding hydrogens is 292 g/mol. The summed E-state index contributed by atoms with van der Waals surface area (Å²) in [5, 5.41) is 4.81. The largest absolute Gasteiger partial charge is 0.469 e. The maximum Gasteiger partial charge on any atom is 0.307 e. The van der Waals surface area contributed by atoms with E-state index in [1.807, 2.05) is 38.1 Å². The van der Waals surface area contributed by atoms with Crippen molar-refractivity contribution in [2.45, 2.75) is 26.3 Å². The molecule has 2 aromatic rings. The van der Waals surface area contributed by atoms with Gasteiger partial charge >= 0.3 is 5.97 Å². The molecule has 1 amide bonds. The van der Waals surface area contributed by atoms with E-state index in [1.165, 1.54) is 7.11 Å². The van der Waals surface area contributed by atoms with Crippen LogP contribution < -0.4 is 11.1 Å². The van der Waals surface area contributed by atoms with Crippen LogP contribution in [0.15, 0.2) is 36.4 Å². The van der Waals surface area contributed by atoms with Crippen molar-refractivity contribution in [3.63, 3.8) is 0 Å². The number of amides is 1. The highest BCUT2D eigenvalue weighted by molar-refractivity contribution is 6.04. The van der Waals surface area contributed by atoms with E-state index in [9.17, 15) is 9.59 Å². The Bertz CT molecular complexity index is 725. The number of fused-ring (bicyclic) bond motifs is 1. The fourth-order valence-electron chi connectivity index (χ4n) is 2.42. The molecule has 122 valence electrons. The monoisotopic (exact) mass is 314 g/mol. The number of rotatable bonds is 5. The standard InChI is InChI=1S/C18H22N2O3/c1-11(2)16(10-17(21)23-3)20-18(22)14-8-12-6-4-5-7-13(12)9-15(14)19/h4-9,11,16H,10,19H2,1-3H3,(H,20,22). The zero-order valence-corrected chi connectivity index (χ0v) is 13.6. The summed E-state index contributed by atoms with van der Waals surface area (Å²) >= 11 is 0. The van der Waals surface area contributed by atoms with E-state index in [-0.39, 0.29) is 30.3 Å². The second-order valence-corrected chi connectivity index (χ2v) is 5.89. The van der Waals surface area contributed by atoms with E-state index in [2.05, 4.69) is 10.1 Å². The van der Waals surface area contributed by atoms with Crippen LogP contribution >= 0.6 is 0 Å². The number of anilines is 1. The smallest absolute Gasteiger partial charge is 0.307 e. The molecule has 3 N–H and O–H groups in total. The Morgan fingerprint density at radius 1 is 1.17 bits per heavy atom. The fourth-order valence-corrected chi connectivity index (χ4v) is 2.42. The molecule has 0 saturated carbocycles. The second kappa shape index (κ2) is 7.13. The maximum atomic E-state index is 12.6. The van der Waals surface area contributed by atoms with Crippen molar-refractivity contribution in [3.05, 3.63) is 42.0 Å². The second-order valence-electron chi connectivity index (χ2n) is 5.89. The van der Waals surface area contributed by atoms with Gasteiger partial charge in [-0.3, -0.25) is 9.59 Å². The van der Waals surface area contributed by atoms with E-state index >= 15 is 0 Å². The van der Waals surface area contributed by atoms with E-state index in [0.29, 0.717) is 11.3 Å². The maximum absolute atomic E-state index is 12.6. The minimum atomic E-state index is -0.351. The molecule has 0 saturated heterocycles. The van der Waals surface area contributed by atoms with Gasteiger partial charge in [0.1, 0.15) is 0 Å². The summed E-state index contributed by atoms with van der Waals surface area (Å²) in [6.07, 6.45) is 0.132. The fraction of sp³-hybridized carbons (Fsp3) is 0.333. The van der Waals surface area contributed by atoms with Crippen molar-refractivity contribution < 1.29 is 14.3 Å². The molecule has 0 heterocycles. The molecule has 5 nitrogen and oxygen atoms in total. The molecule has 0 fully saturated rings. The number of nitrogens with one attached hydrogen (secondary N) is 1. The topological polar surface area (TPSA) is 81.4 Å². The molecule has 1 atom stereocenters. The van der Waals surface area contributed by atoms with Crippen LogP contribution in [0.25, 0.3) is 10.8 Å². The van der Waals surface area contributed by atoms with Crippen molar-refractivity contribution in [2.75, 3.05) is 12.8 Å². The van der Waals surface area contributed by atoms with Crippen LogP contribution in [0.5, 0.6) is 0 Å². The number of hydrogen-bond acceptors (Lipinski definition) is 4. The van der Waals surface area contributed by atoms with Gasteiger partial charge in [0.05, 0.1) is 19.1 Å². The van der Waals surface area contributed by atoms with Crippen molar-refractivity contribution in [2.24, 2.45) is 5.92 Å².